The molecule has 0 radical (unpaired) electrons. The Hall–Kier alpha value is -1.05. The van der Waals surface area contributed by atoms with Gasteiger partial charge >= 0.3 is 5.97 Å². The summed E-state index contributed by atoms with van der Waals surface area (Å²) in [4.78, 5) is 12.6. The van der Waals surface area contributed by atoms with Crippen molar-refractivity contribution in [3.8, 4) is 0 Å². The predicted molar refractivity (Wildman–Crippen MR) is 142 cm³/mol. The van der Waals surface area contributed by atoms with Crippen LogP contribution < -0.4 is 0 Å². The van der Waals surface area contributed by atoms with Crippen molar-refractivity contribution in [1.29, 1.82) is 0 Å². The minimum atomic E-state index is -0.522. The molecule has 0 amide bonds. The summed E-state index contributed by atoms with van der Waals surface area (Å²) >= 11 is 0. The number of allylic oxidation sites excluding steroid dienone is 4. The van der Waals surface area contributed by atoms with E-state index in [9.17, 15) is 9.90 Å². The monoisotopic (exact) mass is 448 g/mol. The third-order valence-electron chi connectivity index (χ3n) is 7.07. The fourth-order valence-corrected chi connectivity index (χ4v) is 4.90. The van der Waals surface area contributed by atoms with E-state index < -0.39 is 11.4 Å². The first-order valence-corrected chi connectivity index (χ1v) is 14.1. The molecule has 1 atom stereocenters. The Balaban J connectivity index is 4.56. The van der Waals surface area contributed by atoms with Gasteiger partial charge in [-0.25, -0.2) is 0 Å². The van der Waals surface area contributed by atoms with Gasteiger partial charge in [0, 0.05) is 0 Å². The van der Waals surface area contributed by atoms with Gasteiger partial charge in [-0.1, -0.05) is 116 Å². The molecule has 0 fully saturated rings. The van der Waals surface area contributed by atoms with E-state index in [1.165, 1.54) is 44.9 Å². The van der Waals surface area contributed by atoms with Crippen LogP contribution in [0, 0.1) is 11.3 Å². The SMILES string of the molecule is CCCCCC=CCC=CCCCCCC(CCCC)C(CCCC)(CCCC)C(=O)O. The molecule has 2 nitrogen and oxygen atoms in total. The summed E-state index contributed by atoms with van der Waals surface area (Å²) in [5.74, 6) is -0.183. The van der Waals surface area contributed by atoms with Crippen molar-refractivity contribution in [2.75, 3.05) is 0 Å². The van der Waals surface area contributed by atoms with Gasteiger partial charge in [0.05, 0.1) is 5.41 Å². The molecule has 0 rings (SSSR count). The molecule has 0 aromatic rings. The zero-order valence-electron chi connectivity index (χ0n) is 22.2. The smallest absolute Gasteiger partial charge is 0.309 e. The number of aliphatic carboxylic acids is 1. The van der Waals surface area contributed by atoms with Crippen LogP contribution >= 0.6 is 0 Å². The highest BCUT2D eigenvalue weighted by Gasteiger charge is 2.43. The largest absolute Gasteiger partial charge is 0.481 e. The first-order valence-electron chi connectivity index (χ1n) is 14.1. The Kier molecular flexibility index (Phi) is 21.1. The standard InChI is InChI=1S/C30H56O2/c1-5-9-13-14-15-16-17-18-19-20-21-22-23-25-28(24-10-6-2)30(29(31)32,26-11-7-3)27-12-8-4/h15-16,18-19,28H,5-14,17,20-27H2,1-4H3,(H,31,32). The van der Waals surface area contributed by atoms with Crippen LogP contribution in [0.25, 0.3) is 0 Å². The van der Waals surface area contributed by atoms with Gasteiger partial charge < -0.3 is 5.11 Å². The first-order chi connectivity index (χ1) is 15.6. The van der Waals surface area contributed by atoms with Gasteiger partial charge in [0.1, 0.15) is 0 Å². The minimum absolute atomic E-state index is 0.339. The molecule has 0 saturated carbocycles. The summed E-state index contributed by atoms with van der Waals surface area (Å²) in [5.41, 5.74) is -0.495. The average Bonchev–Trinajstić information content (AvgIpc) is 2.79. The zero-order valence-corrected chi connectivity index (χ0v) is 22.2. The summed E-state index contributed by atoms with van der Waals surface area (Å²) in [7, 11) is 0. The second-order valence-electron chi connectivity index (χ2n) is 9.82. The summed E-state index contributed by atoms with van der Waals surface area (Å²) < 4.78 is 0. The maximum atomic E-state index is 12.6. The van der Waals surface area contributed by atoms with E-state index in [0.29, 0.717) is 5.92 Å². The topological polar surface area (TPSA) is 37.3 Å². The molecular formula is C30H56O2. The highest BCUT2D eigenvalue weighted by molar-refractivity contribution is 5.75. The second-order valence-corrected chi connectivity index (χ2v) is 9.82. The van der Waals surface area contributed by atoms with Gasteiger partial charge in [-0.15, -0.1) is 0 Å². The van der Waals surface area contributed by atoms with Crippen LogP contribution in [0.2, 0.25) is 0 Å². The normalized spacial score (nSPS) is 13.4. The number of hydrogen-bond donors (Lipinski definition) is 1. The quantitative estimate of drug-likeness (QED) is 0.125. The van der Waals surface area contributed by atoms with Crippen LogP contribution in [-0.4, -0.2) is 11.1 Å². The van der Waals surface area contributed by atoms with E-state index in [2.05, 4.69) is 52.0 Å². The number of hydrogen-bond acceptors (Lipinski definition) is 1. The van der Waals surface area contributed by atoms with E-state index in [4.69, 9.17) is 0 Å². The van der Waals surface area contributed by atoms with Gasteiger partial charge in [-0.05, 0) is 63.7 Å². The lowest BCUT2D eigenvalue weighted by molar-refractivity contribution is -0.155. The van der Waals surface area contributed by atoms with Crippen LogP contribution in [0.3, 0.4) is 0 Å². The molecule has 0 aliphatic rings. The molecule has 0 heterocycles. The molecule has 0 bridgehead atoms. The third kappa shape index (κ3) is 14.2. The lowest BCUT2D eigenvalue weighted by Crippen LogP contribution is -2.39. The Morgan fingerprint density at radius 1 is 0.656 bits per heavy atom. The number of carboxylic acid groups (broad SMARTS) is 1. The highest BCUT2D eigenvalue weighted by atomic mass is 16.4. The molecule has 0 spiro atoms. The van der Waals surface area contributed by atoms with Crippen molar-refractivity contribution >= 4 is 5.97 Å². The van der Waals surface area contributed by atoms with Crippen molar-refractivity contribution in [1.82, 2.24) is 0 Å². The number of unbranched alkanes of at least 4 members (excludes halogenated alkanes) is 9. The molecule has 0 aromatic heterocycles. The fraction of sp³-hybridized carbons (Fsp3) is 0.833. The molecule has 0 aliphatic carbocycles. The van der Waals surface area contributed by atoms with E-state index in [-0.39, 0.29) is 0 Å². The second kappa shape index (κ2) is 21.8. The molecule has 0 aromatic carbocycles. The third-order valence-corrected chi connectivity index (χ3v) is 7.07. The number of carbonyl (C=O) groups is 1. The van der Waals surface area contributed by atoms with Crippen LogP contribution in [0.5, 0.6) is 0 Å². The Bertz CT molecular complexity index is 469. The van der Waals surface area contributed by atoms with Crippen molar-refractivity contribution < 1.29 is 9.90 Å². The van der Waals surface area contributed by atoms with Crippen molar-refractivity contribution in [2.24, 2.45) is 11.3 Å². The molecule has 0 saturated heterocycles. The Morgan fingerprint density at radius 3 is 1.66 bits per heavy atom. The Morgan fingerprint density at radius 2 is 1.16 bits per heavy atom. The van der Waals surface area contributed by atoms with Gasteiger partial charge in [0.15, 0.2) is 0 Å². The number of carboxylic acids is 1. The minimum Gasteiger partial charge on any atom is -0.481 e. The molecule has 1 unspecified atom stereocenters. The Labute approximate surface area is 201 Å². The highest BCUT2D eigenvalue weighted by Crippen LogP contribution is 2.44. The molecule has 188 valence electrons. The predicted octanol–water partition coefficient (Wildman–Crippen LogP) is 10.3. The number of rotatable bonds is 23. The average molecular weight is 449 g/mol. The maximum Gasteiger partial charge on any atom is 0.309 e. The first kappa shape index (κ1) is 30.9. The van der Waals surface area contributed by atoms with E-state index in [0.717, 1.165) is 77.0 Å². The van der Waals surface area contributed by atoms with Gasteiger partial charge in [-0.3, -0.25) is 4.79 Å². The lowest BCUT2D eigenvalue weighted by atomic mass is 9.65. The van der Waals surface area contributed by atoms with Crippen molar-refractivity contribution in [3.05, 3.63) is 24.3 Å². The maximum absolute atomic E-state index is 12.6. The van der Waals surface area contributed by atoms with Gasteiger partial charge in [0.2, 0.25) is 0 Å². The molecule has 0 aliphatic heterocycles. The summed E-state index contributed by atoms with van der Waals surface area (Å²) in [5, 5.41) is 10.3. The van der Waals surface area contributed by atoms with E-state index >= 15 is 0 Å². The van der Waals surface area contributed by atoms with Crippen molar-refractivity contribution in [3.63, 3.8) is 0 Å². The lowest BCUT2D eigenvalue weighted by Gasteiger charge is -2.38. The van der Waals surface area contributed by atoms with E-state index in [1.54, 1.807) is 0 Å². The van der Waals surface area contributed by atoms with Gasteiger partial charge in [0.25, 0.3) is 0 Å². The van der Waals surface area contributed by atoms with E-state index in [1.807, 2.05) is 0 Å². The van der Waals surface area contributed by atoms with Crippen molar-refractivity contribution in [2.45, 2.75) is 150 Å². The van der Waals surface area contributed by atoms with Crippen LogP contribution in [-0.2, 0) is 4.79 Å². The zero-order chi connectivity index (χ0) is 23.9. The summed E-state index contributed by atoms with van der Waals surface area (Å²) in [6, 6.07) is 0. The van der Waals surface area contributed by atoms with Crippen LogP contribution in [0.4, 0.5) is 0 Å². The summed E-state index contributed by atoms with van der Waals surface area (Å²) in [6.07, 6.45) is 30.7. The fourth-order valence-electron chi connectivity index (χ4n) is 4.90. The molecular weight excluding hydrogens is 392 g/mol. The molecule has 32 heavy (non-hydrogen) atoms. The molecule has 1 N–H and O–H groups in total. The van der Waals surface area contributed by atoms with Crippen LogP contribution in [0.15, 0.2) is 24.3 Å². The molecule has 2 heteroatoms. The van der Waals surface area contributed by atoms with Gasteiger partial charge in [-0.2, -0.15) is 0 Å². The summed E-state index contributed by atoms with van der Waals surface area (Å²) in [6.45, 7) is 8.84. The van der Waals surface area contributed by atoms with Crippen LogP contribution in [0.1, 0.15) is 150 Å².